The average Bonchev–Trinajstić information content (AvgIpc) is 3.09. The Bertz CT molecular complexity index is 970. The number of hydrogen-bond acceptors (Lipinski definition) is 4. The van der Waals surface area contributed by atoms with Crippen molar-refractivity contribution in [2.24, 2.45) is 0 Å². The van der Waals surface area contributed by atoms with Gasteiger partial charge in [0.05, 0.1) is 10.2 Å². The van der Waals surface area contributed by atoms with Crippen LogP contribution in [0, 0.1) is 0 Å². The summed E-state index contributed by atoms with van der Waals surface area (Å²) in [6.45, 7) is 0. The lowest BCUT2D eigenvalue weighted by Crippen LogP contribution is -1.94. The molecule has 0 atom stereocenters. The van der Waals surface area contributed by atoms with Crippen molar-refractivity contribution in [3.63, 3.8) is 0 Å². The number of para-hydroxylation sites is 1. The van der Waals surface area contributed by atoms with Gasteiger partial charge in [-0.05, 0) is 30.3 Å². The molecule has 0 saturated carbocycles. The summed E-state index contributed by atoms with van der Waals surface area (Å²) in [7, 11) is 0. The van der Waals surface area contributed by atoms with E-state index in [4.69, 9.17) is 9.84 Å². The van der Waals surface area contributed by atoms with E-state index in [1.807, 2.05) is 30.3 Å². The molecule has 22 heavy (non-hydrogen) atoms. The quantitative estimate of drug-likeness (QED) is 0.592. The molecule has 2 heterocycles. The Morgan fingerprint density at radius 2 is 2.05 bits per heavy atom. The minimum atomic E-state index is -0.982. The Morgan fingerprint density at radius 3 is 2.86 bits per heavy atom. The number of rotatable bonds is 3. The molecule has 5 nitrogen and oxygen atoms in total. The summed E-state index contributed by atoms with van der Waals surface area (Å²) in [5.41, 5.74) is 1.78. The fraction of sp³-hybridized carbons (Fsp3) is 0. The molecule has 0 amide bonds. The van der Waals surface area contributed by atoms with E-state index in [0.29, 0.717) is 10.9 Å². The Morgan fingerprint density at radius 1 is 1.18 bits per heavy atom. The van der Waals surface area contributed by atoms with Gasteiger partial charge in [0.1, 0.15) is 11.4 Å². The number of fused-ring (bicyclic) bond motifs is 2. The molecule has 108 valence electrons. The van der Waals surface area contributed by atoms with Crippen LogP contribution in [0.25, 0.3) is 21.1 Å². The van der Waals surface area contributed by atoms with Gasteiger partial charge in [-0.25, -0.2) is 9.78 Å². The monoisotopic (exact) mass is 310 g/mol. The number of aromatic amines is 1. The van der Waals surface area contributed by atoms with Gasteiger partial charge in [0.25, 0.3) is 5.19 Å². The molecule has 2 aromatic heterocycles. The summed E-state index contributed by atoms with van der Waals surface area (Å²) in [4.78, 5) is 18.2. The smallest absolute Gasteiger partial charge is 0.352 e. The largest absolute Gasteiger partial charge is 0.477 e. The third-order valence-electron chi connectivity index (χ3n) is 3.30. The van der Waals surface area contributed by atoms with Crippen LogP contribution in [0.3, 0.4) is 0 Å². The number of aromatic nitrogens is 2. The zero-order valence-corrected chi connectivity index (χ0v) is 12.1. The molecule has 2 aromatic carbocycles. The number of nitrogens with one attached hydrogen (secondary N) is 1. The van der Waals surface area contributed by atoms with Gasteiger partial charge in [0, 0.05) is 17.0 Å². The Labute approximate surface area is 128 Å². The molecular formula is C16H10N2O3S. The maximum Gasteiger partial charge on any atom is 0.352 e. The van der Waals surface area contributed by atoms with Crippen molar-refractivity contribution in [1.29, 1.82) is 0 Å². The van der Waals surface area contributed by atoms with Crippen molar-refractivity contribution >= 4 is 38.4 Å². The van der Waals surface area contributed by atoms with Crippen LogP contribution in [0.2, 0.25) is 0 Å². The highest BCUT2D eigenvalue weighted by atomic mass is 32.1. The van der Waals surface area contributed by atoms with Crippen molar-refractivity contribution in [2.45, 2.75) is 0 Å². The molecule has 2 N–H and O–H groups in total. The van der Waals surface area contributed by atoms with Crippen LogP contribution in [0.5, 0.6) is 10.9 Å². The summed E-state index contributed by atoms with van der Waals surface area (Å²) >= 11 is 1.47. The van der Waals surface area contributed by atoms with Gasteiger partial charge < -0.3 is 14.8 Å². The number of hydrogen-bond donors (Lipinski definition) is 2. The number of carbonyl (C=O) groups is 1. The van der Waals surface area contributed by atoms with Crippen LogP contribution in [-0.4, -0.2) is 21.0 Å². The summed E-state index contributed by atoms with van der Waals surface area (Å²) in [5.74, 6) is -0.366. The van der Waals surface area contributed by atoms with E-state index in [2.05, 4.69) is 9.97 Å². The van der Waals surface area contributed by atoms with Crippen LogP contribution in [0.1, 0.15) is 10.5 Å². The molecule has 0 aliphatic rings. The Hall–Kier alpha value is -2.86. The average molecular weight is 310 g/mol. The molecule has 0 aliphatic carbocycles. The second-order valence-corrected chi connectivity index (χ2v) is 5.78. The zero-order chi connectivity index (χ0) is 15.1. The first-order chi connectivity index (χ1) is 10.7. The number of aromatic carboxylic acids is 1. The van der Waals surface area contributed by atoms with Crippen LogP contribution in [0.4, 0.5) is 0 Å². The second kappa shape index (κ2) is 4.85. The molecule has 0 unspecified atom stereocenters. The van der Waals surface area contributed by atoms with Crippen LogP contribution < -0.4 is 4.74 Å². The molecular weight excluding hydrogens is 300 g/mol. The summed E-state index contributed by atoms with van der Waals surface area (Å²) in [6.07, 6.45) is 0. The lowest BCUT2D eigenvalue weighted by Gasteiger charge is -2.00. The lowest BCUT2D eigenvalue weighted by atomic mass is 10.2. The predicted molar refractivity (Wildman–Crippen MR) is 85.0 cm³/mol. The van der Waals surface area contributed by atoms with Crippen LogP contribution >= 0.6 is 11.3 Å². The topological polar surface area (TPSA) is 75.2 Å². The maximum atomic E-state index is 11.0. The van der Waals surface area contributed by atoms with Crippen molar-refractivity contribution in [3.8, 4) is 10.9 Å². The first kappa shape index (κ1) is 12.8. The van der Waals surface area contributed by atoms with E-state index in [-0.39, 0.29) is 5.69 Å². The fourth-order valence-corrected chi connectivity index (χ4v) is 3.12. The third kappa shape index (κ3) is 2.19. The molecule has 0 spiro atoms. The summed E-state index contributed by atoms with van der Waals surface area (Å²) in [6, 6.07) is 14.8. The number of carboxylic acid groups (broad SMARTS) is 1. The van der Waals surface area contributed by atoms with Crippen LogP contribution in [-0.2, 0) is 0 Å². The molecule has 0 saturated heterocycles. The first-order valence-corrected chi connectivity index (χ1v) is 7.40. The van der Waals surface area contributed by atoms with Gasteiger partial charge in [-0.2, -0.15) is 0 Å². The number of ether oxygens (including phenoxy) is 1. The van der Waals surface area contributed by atoms with Crippen molar-refractivity contribution in [1.82, 2.24) is 9.97 Å². The zero-order valence-electron chi connectivity index (χ0n) is 11.2. The van der Waals surface area contributed by atoms with Gasteiger partial charge in [-0.3, -0.25) is 0 Å². The van der Waals surface area contributed by atoms with E-state index in [1.54, 1.807) is 18.2 Å². The summed E-state index contributed by atoms with van der Waals surface area (Å²) in [5, 5.41) is 10.4. The molecule has 0 aliphatic heterocycles. The van der Waals surface area contributed by atoms with Gasteiger partial charge in [0.15, 0.2) is 0 Å². The first-order valence-electron chi connectivity index (χ1n) is 6.58. The lowest BCUT2D eigenvalue weighted by molar-refractivity contribution is 0.0691. The minimum absolute atomic E-state index is 0.159. The van der Waals surface area contributed by atoms with E-state index >= 15 is 0 Å². The highest BCUT2D eigenvalue weighted by Crippen LogP contribution is 2.32. The van der Waals surface area contributed by atoms with Crippen LogP contribution in [0.15, 0.2) is 48.5 Å². The fourth-order valence-electron chi connectivity index (χ4n) is 2.28. The van der Waals surface area contributed by atoms with Gasteiger partial charge in [0.2, 0.25) is 0 Å². The highest BCUT2D eigenvalue weighted by molar-refractivity contribution is 7.20. The minimum Gasteiger partial charge on any atom is -0.477 e. The third-order valence-corrected chi connectivity index (χ3v) is 4.22. The molecule has 4 aromatic rings. The van der Waals surface area contributed by atoms with E-state index in [0.717, 1.165) is 21.1 Å². The Balaban J connectivity index is 1.69. The van der Waals surface area contributed by atoms with Crippen molar-refractivity contribution in [2.75, 3.05) is 0 Å². The number of carboxylic acids is 1. The Kier molecular flexibility index (Phi) is 2.83. The summed E-state index contributed by atoms with van der Waals surface area (Å²) < 4.78 is 6.84. The molecule has 0 bridgehead atoms. The molecule has 6 heteroatoms. The van der Waals surface area contributed by atoms with E-state index in [9.17, 15) is 4.79 Å². The van der Waals surface area contributed by atoms with Crippen molar-refractivity contribution in [3.05, 3.63) is 54.2 Å². The number of thiazole rings is 1. The van der Waals surface area contributed by atoms with Gasteiger partial charge >= 0.3 is 5.97 Å². The normalized spacial score (nSPS) is 11.1. The number of benzene rings is 2. The second-order valence-electron chi connectivity index (χ2n) is 4.79. The molecule has 4 rings (SSSR count). The van der Waals surface area contributed by atoms with Gasteiger partial charge in [-0.15, -0.1) is 0 Å². The SMILES string of the molecule is O=C(O)c1cc2ccc(Oc3nc4ccccc4s3)cc2[nH]1. The molecule has 0 fully saturated rings. The maximum absolute atomic E-state index is 11.0. The van der Waals surface area contributed by atoms with Gasteiger partial charge in [-0.1, -0.05) is 23.5 Å². The number of H-pyrrole nitrogens is 1. The van der Waals surface area contributed by atoms with E-state index < -0.39 is 5.97 Å². The number of nitrogens with zero attached hydrogens (tertiary/aromatic N) is 1. The predicted octanol–water partition coefficient (Wildman–Crippen LogP) is 4.27. The molecule has 0 radical (unpaired) electrons. The highest BCUT2D eigenvalue weighted by Gasteiger charge is 2.09. The standard InChI is InChI=1S/C16H10N2O3S/c19-15(20)13-7-9-5-6-10(8-12(9)17-13)21-16-18-11-3-1-2-4-14(11)22-16/h1-8,17H,(H,19,20). The van der Waals surface area contributed by atoms with Crippen molar-refractivity contribution < 1.29 is 14.6 Å². The van der Waals surface area contributed by atoms with E-state index in [1.165, 1.54) is 11.3 Å².